The molecule has 3 N–H and O–H groups in total. The van der Waals surface area contributed by atoms with Gasteiger partial charge < -0.3 is 11.1 Å². The van der Waals surface area contributed by atoms with Crippen LogP contribution in [-0.4, -0.2) is 21.9 Å². The molecule has 0 unspecified atom stereocenters. The lowest BCUT2D eigenvalue weighted by Gasteiger charge is -2.37. The zero-order chi connectivity index (χ0) is 24.6. The quantitative estimate of drug-likeness (QED) is 0.522. The number of amides is 1. The number of rotatable bonds is 4. The second kappa shape index (κ2) is 9.54. The van der Waals surface area contributed by atoms with E-state index >= 15 is 0 Å². The van der Waals surface area contributed by atoms with E-state index in [1.807, 2.05) is 6.07 Å². The van der Waals surface area contributed by atoms with Gasteiger partial charge in [0.2, 0.25) is 0 Å². The van der Waals surface area contributed by atoms with Crippen LogP contribution >= 0.6 is 0 Å². The fraction of sp³-hybridized carbons (Fsp3) is 0.346. The maximum Gasteiger partial charge on any atom is 0.274 e. The van der Waals surface area contributed by atoms with Crippen molar-refractivity contribution in [3.63, 3.8) is 0 Å². The van der Waals surface area contributed by atoms with Gasteiger partial charge >= 0.3 is 0 Å². The lowest BCUT2D eigenvalue weighted by Crippen LogP contribution is -2.39. The molecule has 0 bridgehead atoms. The maximum absolute atomic E-state index is 14.6. The molecule has 1 aromatic carbocycles. The third-order valence-corrected chi connectivity index (χ3v) is 6.93. The van der Waals surface area contributed by atoms with Crippen molar-refractivity contribution < 1.29 is 18.0 Å². The lowest BCUT2D eigenvalue weighted by molar-refractivity contribution is 0.102. The Hall–Kier alpha value is -3.26. The number of aryl methyl sites for hydroxylation is 1. The molecule has 5 nitrogen and oxygen atoms in total. The Morgan fingerprint density at radius 3 is 2.53 bits per heavy atom. The van der Waals surface area contributed by atoms with E-state index in [4.69, 9.17) is 5.73 Å². The van der Waals surface area contributed by atoms with E-state index < -0.39 is 34.6 Å². The Morgan fingerprint density at radius 1 is 1.06 bits per heavy atom. The smallest absolute Gasteiger partial charge is 0.274 e. The molecule has 1 fully saturated rings. The normalized spacial score (nSPS) is 22.4. The zero-order valence-electron chi connectivity index (χ0n) is 19.3. The molecule has 1 aliphatic carbocycles. The molecule has 0 aliphatic heterocycles. The van der Waals surface area contributed by atoms with Crippen LogP contribution in [0.1, 0.15) is 54.2 Å². The summed E-state index contributed by atoms with van der Waals surface area (Å²) in [5.74, 6) is -2.47. The van der Waals surface area contributed by atoms with Crippen molar-refractivity contribution in [2.24, 2.45) is 17.6 Å². The Kier molecular flexibility index (Phi) is 6.70. The summed E-state index contributed by atoms with van der Waals surface area (Å²) in [4.78, 5) is 21.1. The third-order valence-electron chi connectivity index (χ3n) is 6.93. The van der Waals surface area contributed by atoms with Gasteiger partial charge in [0.25, 0.3) is 5.91 Å². The molecule has 0 radical (unpaired) electrons. The molecular formula is C26H27F3N4O. The second-order valence-corrected chi connectivity index (χ2v) is 9.17. The fourth-order valence-corrected chi connectivity index (χ4v) is 4.65. The summed E-state index contributed by atoms with van der Waals surface area (Å²) in [5, 5.41) is 2.79. The molecule has 2 heterocycles. The van der Waals surface area contributed by atoms with Gasteiger partial charge in [-0.2, -0.15) is 0 Å². The molecule has 2 aromatic heterocycles. The first-order valence-electron chi connectivity index (χ1n) is 11.3. The van der Waals surface area contributed by atoms with Crippen LogP contribution in [0.5, 0.6) is 0 Å². The molecule has 34 heavy (non-hydrogen) atoms. The Morgan fingerprint density at radius 2 is 1.79 bits per heavy atom. The van der Waals surface area contributed by atoms with E-state index in [2.05, 4.69) is 29.1 Å². The summed E-state index contributed by atoms with van der Waals surface area (Å²) >= 11 is 0. The molecule has 1 aliphatic rings. The molecule has 178 valence electrons. The highest BCUT2D eigenvalue weighted by Crippen LogP contribution is 2.41. The summed E-state index contributed by atoms with van der Waals surface area (Å²) in [7, 11) is 0. The van der Waals surface area contributed by atoms with Crippen molar-refractivity contribution in [1.29, 1.82) is 0 Å². The van der Waals surface area contributed by atoms with Gasteiger partial charge in [0.05, 0.1) is 17.4 Å². The van der Waals surface area contributed by atoms with Crippen molar-refractivity contribution in [2.45, 2.75) is 45.6 Å². The minimum Gasteiger partial charge on any atom is -0.327 e. The van der Waals surface area contributed by atoms with Crippen molar-refractivity contribution in [3.8, 4) is 11.3 Å². The number of halogens is 3. The van der Waals surface area contributed by atoms with Crippen LogP contribution in [0.25, 0.3) is 11.3 Å². The number of nitrogens with one attached hydrogen (secondary N) is 1. The van der Waals surface area contributed by atoms with Crippen LogP contribution in [0.3, 0.4) is 0 Å². The molecule has 0 spiro atoms. The third kappa shape index (κ3) is 4.55. The molecule has 1 saturated carbocycles. The Labute approximate surface area is 196 Å². The first-order valence-corrected chi connectivity index (χ1v) is 11.3. The van der Waals surface area contributed by atoms with E-state index in [0.717, 1.165) is 30.5 Å². The number of anilines is 1. The Bertz CT molecular complexity index is 1220. The van der Waals surface area contributed by atoms with E-state index in [0.29, 0.717) is 17.5 Å². The average molecular weight is 469 g/mol. The number of carbonyl (C=O) groups excluding carboxylic acids is 1. The SMILES string of the molecule is Cc1ccc(F)c(-c2nc(C(=O)Nc3cnccc3[C@H]3C[C@@H](N)[C@@H](C)[C@@H](C)C3)ccc2F)c1F. The summed E-state index contributed by atoms with van der Waals surface area (Å²) in [6.07, 6.45) is 4.92. The topological polar surface area (TPSA) is 80.9 Å². The van der Waals surface area contributed by atoms with Gasteiger partial charge in [-0.1, -0.05) is 19.9 Å². The van der Waals surface area contributed by atoms with Crippen LogP contribution < -0.4 is 11.1 Å². The van der Waals surface area contributed by atoms with Crippen molar-refractivity contribution >= 4 is 11.6 Å². The highest BCUT2D eigenvalue weighted by molar-refractivity contribution is 6.03. The predicted octanol–water partition coefficient (Wildman–Crippen LogP) is 5.60. The van der Waals surface area contributed by atoms with Crippen molar-refractivity contribution in [3.05, 3.63) is 77.0 Å². The number of carbonyl (C=O) groups is 1. The van der Waals surface area contributed by atoms with Crippen LogP contribution in [-0.2, 0) is 0 Å². The monoisotopic (exact) mass is 468 g/mol. The van der Waals surface area contributed by atoms with E-state index in [-0.39, 0.29) is 23.2 Å². The van der Waals surface area contributed by atoms with Crippen LogP contribution in [0.2, 0.25) is 0 Å². The van der Waals surface area contributed by atoms with Gasteiger partial charge in [-0.25, -0.2) is 18.2 Å². The van der Waals surface area contributed by atoms with Gasteiger partial charge in [-0.15, -0.1) is 0 Å². The first-order chi connectivity index (χ1) is 16.2. The van der Waals surface area contributed by atoms with Crippen molar-refractivity contribution in [1.82, 2.24) is 9.97 Å². The molecule has 0 saturated heterocycles. The predicted molar refractivity (Wildman–Crippen MR) is 125 cm³/mol. The number of nitrogens with zero attached hydrogens (tertiary/aromatic N) is 2. The van der Waals surface area contributed by atoms with Crippen LogP contribution in [0, 0.1) is 36.2 Å². The van der Waals surface area contributed by atoms with E-state index in [1.54, 1.807) is 12.4 Å². The first kappa shape index (κ1) is 23.9. The highest BCUT2D eigenvalue weighted by atomic mass is 19.1. The fourth-order valence-electron chi connectivity index (χ4n) is 4.65. The number of benzene rings is 1. The lowest BCUT2D eigenvalue weighted by atomic mass is 9.71. The standard InChI is InChI=1S/C26H27F3N4O/c1-13-4-5-18(27)23(24(13)29)25-19(28)6-7-21(32-25)26(34)33-22-12-31-9-8-17(22)16-10-14(2)15(3)20(30)11-16/h4-9,12,14-16,20H,10-11,30H2,1-3H3,(H,33,34)/t14-,15-,16+,20+/m0/s1. The van der Waals surface area contributed by atoms with Gasteiger partial charge in [0.1, 0.15) is 28.8 Å². The van der Waals surface area contributed by atoms with Gasteiger partial charge in [0.15, 0.2) is 0 Å². The maximum atomic E-state index is 14.6. The number of hydrogen-bond donors (Lipinski definition) is 2. The van der Waals surface area contributed by atoms with E-state index in [1.165, 1.54) is 19.1 Å². The molecule has 8 heteroatoms. The van der Waals surface area contributed by atoms with Gasteiger partial charge in [-0.3, -0.25) is 9.78 Å². The van der Waals surface area contributed by atoms with Gasteiger partial charge in [-0.05, 0) is 72.9 Å². The number of nitrogens with two attached hydrogens (primary N) is 1. The summed E-state index contributed by atoms with van der Waals surface area (Å²) in [6.45, 7) is 5.76. The highest BCUT2D eigenvalue weighted by Gasteiger charge is 2.32. The number of hydrogen-bond acceptors (Lipinski definition) is 4. The van der Waals surface area contributed by atoms with Crippen molar-refractivity contribution in [2.75, 3.05) is 5.32 Å². The van der Waals surface area contributed by atoms with E-state index in [9.17, 15) is 18.0 Å². The molecule has 3 aromatic rings. The summed E-state index contributed by atoms with van der Waals surface area (Å²) < 4.78 is 43.5. The summed E-state index contributed by atoms with van der Waals surface area (Å²) in [6, 6.07) is 6.36. The molecule has 4 atom stereocenters. The summed E-state index contributed by atoms with van der Waals surface area (Å²) in [5.41, 5.74) is 6.58. The minimum absolute atomic E-state index is 0.0471. The average Bonchev–Trinajstić information content (AvgIpc) is 2.81. The van der Waals surface area contributed by atoms with Gasteiger partial charge in [0, 0.05) is 12.2 Å². The molecule has 4 rings (SSSR count). The Balaban J connectivity index is 1.65. The number of aromatic nitrogens is 2. The second-order valence-electron chi connectivity index (χ2n) is 9.17. The zero-order valence-corrected chi connectivity index (χ0v) is 19.3. The molecule has 1 amide bonds. The molecular weight excluding hydrogens is 441 g/mol. The largest absolute Gasteiger partial charge is 0.327 e. The van der Waals surface area contributed by atoms with Crippen LogP contribution in [0.15, 0.2) is 42.7 Å². The number of pyridine rings is 2. The van der Waals surface area contributed by atoms with Crippen LogP contribution in [0.4, 0.5) is 18.9 Å². The minimum atomic E-state index is -0.960.